The fraction of sp³-hybridized carbons (Fsp3) is 0.375. The molecule has 0 aliphatic carbocycles. The van der Waals surface area contributed by atoms with Gasteiger partial charge in [-0.3, -0.25) is 4.79 Å². The minimum atomic E-state index is 0.152. The number of aromatic nitrogens is 2. The summed E-state index contributed by atoms with van der Waals surface area (Å²) >= 11 is 5.89. The summed E-state index contributed by atoms with van der Waals surface area (Å²) in [5, 5.41) is 0.695. The zero-order chi connectivity index (χ0) is 15.5. The van der Waals surface area contributed by atoms with Crippen LogP contribution in [0.3, 0.4) is 0 Å². The molecule has 1 saturated heterocycles. The molecule has 1 fully saturated rings. The number of likely N-dealkylation sites (N-methyl/N-ethyl adjacent to an activating group) is 1. The van der Waals surface area contributed by atoms with Crippen LogP contribution in [0.5, 0.6) is 0 Å². The molecule has 1 aromatic carbocycles. The molecular formula is C16H19ClN4O. The van der Waals surface area contributed by atoms with Gasteiger partial charge in [-0.25, -0.2) is 4.98 Å². The Morgan fingerprint density at radius 3 is 2.59 bits per heavy atom. The highest BCUT2D eigenvalue weighted by atomic mass is 35.5. The van der Waals surface area contributed by atoms with E-state index in [0.717, 1.165) is 43.3 Å². The second-order valence-electron chi connectivity index (χ2n) is 5.62. The number of rotatable bonds is 3. The van der Waals surface area contributed by atoms with Gasteiger partial charge >= 0.3 is 0 Å². The van der Waals surface area contributed by atoms with Crippen molar-refractivity contribution in [1.82, 2.24) is 19.8 Å². The molecule has 0 saturated carbocycles. The summed E-state index contributed by atoms with van der Waals surface area (Å²) in [5.74, 6) is 0.914. The van der Waals surface area contributed by atoms with Gasteiger partial charge in [0.1, 0.15) is 5.82 Å². The van der Waals surface area contributed by atoms with E-state index in [9.17, 15) is 4.79 Å². The number of carbonyl (C=O) groups excluding carboxylic acids is 1. The molecule has 3 rings (SSSR count). The molecule has 0 unspecified atom stereocenters. The summed E-state index contributed by atoms with van der Waals surface area (Å²) in [7, 11) is 2.08. The number of nitrogens with zero attached hydrogens (tertiary/aromatic N) is 3. The van der Waals surface area contributed by atoms with Gasteiger partial charge < -0.3 is 14.8 Å². The Kier molecular flexibility index (Phi) is 4.45. The highest BCUT2D eigenvalue weighted by molar-refractivity contribution is 6.30. The second-order valence-corrected chi connectivity index (χ2v) is 6.06. The van der Waals surface area contributed by atoms with Gasteiger partial charge in [-0.05, 0) is 31.3 Å². The van der Waals surface area contributed by atoms with Gasteiger partial charge in [0.15, 0.2) is 0 Å². The van der Waals surface area contributed by atoms with Gasteiger partial charge in [0, 0.05) is 48.7 Å². The summed E-state index contributed by atoms with van der Waals surface area (Å²) in [6, 6.07) is 7.48. The Morgan fingerprint density at radius 2 is 1.91 bits per heavy atom. The first-order chi connectivity index (χ1) is 10.6. The summed E-state index contributed by atoms with van der Waals surface area (Å²) in [6.45, 7) is 3.47. The predicted octanol–water partition coefficient (Wildman–Crippen LogP) is 2.05. The van der Waals surface area contributed by atoms with Crippen molar-refractivity contribution in [2.75, 3.05) is 33.2 Å². The SMILES string of the molecule is CN1CCN(C(=O)Cc2cnc(-c3ccc(Cl)cc3)[nH]2)CC1. The molecule has 1 amide bonds. The Labute approximate surface area is 134 Å². The normalized spacial score (nSPS) is 16.0. The summed E-state index contributed by atoms with van der Waals surface area (Å²) in [6.07, 6.45) is 2.10. The van der Waals surface area contributed by atoms with Gasteiger partial charge in [-0.2, -0.15) is 0 Å². The Bertz CT molecular complexity index is 644. The summed E-state index contributed by atoms with van der Waals surface area (Å²) in [4.78, 5) is 24.0. The van der Waals surface area contributed by atoms with Crippen LogP contribution in [0.4, 0.5) is 0 Å². The monoisotopic (exact) mass is 318 g/mol. The third-order valence-corrected chi connectivity index (χ3v) is 4.20. The zero-order valence-electron chi connectivity index (χ0n) is 12.6. The third-order valence-electron chi connectivity index (χ3n) is 3.94. The fourth-order valence-electron chi connectivity index (χ4n) is 2.53. The molecule has 2 aromatic rings. The van der Waals surface area contributed by atoms with Crippen LogP contribution in [0.2, 0.25) is 5.02 Å². The minimum Gasteiger partial charge on any atom is -0.341 e. The number of carbonyl (C=O) groups is 1. The number of amides is 1. The first kappa shape index (κ1) is 15.1. The van der Waals surface area contributed by atoms with Crippen LogP contribution in [0, 0.1) is 0 Å². The van der Waals surface area contributed by atoms with Crippen LogP contribution >= 0.6 is 11.6 Å². The standard InChI is InChI=1S/C16H19ClN4O/c1-20-6-8-21(9-7-20)15(22)10-14-11-18-16(19-14)12-2-4-13(17)5-3-12/h2-5,11H,6-10H2,1H3,(H,18,19). The molecular weight excluding hydrogens is 300 g/mol. The van der Waals surface area contributed by atoms with E-state index in [2.05, 4.69) is 21.9 Å². The van der Waals surface area contributed by atoms with Crippen molar-refractivity contribution in [3.05, 3.63) is 41.2 Å². The average molecular weight is 319 g/mol. The number of imidazole rings is 1. The van der Waals surface area contributed by atoms with Crippen LogP contribution in [0.1, 0.15) is 5.69 Å². The maximum atomic E-state index is 12.3. The van der Waals surface area contributed by atoms with E-state index in [0.29, 0.717) is 11.4 Å². The van der Waals surface area contributed by atoms with Gasteiger partial charge in [-0.1, -0.05) is 11.6 Å². The van der Waals surface area contributed by atoms with E-state index in [-0.39, 0.29) is 5.91 Å². The molecule has 6 heteroatoms. The molecule has 1 N–H and O–H groups in total. The van der Waals surface area contributed by atoms with Crippen molar-refractivity contribution < 1.29 is 4.79 Å². The first-order valence-corrected chi connectivity index (χ1v) is 7.76. The number of benzene rings is 1. The second kappa shape index (κ2) is 6.50. The molecule has 0 spiro atoms. The molecule has 22 heavy (non-hydrogen) atoms. The lowest BCUT2D eigenvalue weighted by atomic mass is 10.2. The van der Waals surface area contributed by atoms with E-state index in [1.165, 1.54) is 0 Å². The number of nitrogens with one attached hydrogen (secondary N) is 1. The predicted molar refractivity (Wildman–Crippen MR) is 86.8 cm³/mol. The summed E-state index contributed by atoms with van der Waals surface area (Å²) < 4.78 is 0. The topological polar surface area (TPSA) is 52.2 Å². The van der Waals surface area contributed by atoms with Gasteiger partial charge in [-0.15, -0.1) is 0 Å². The largest absolute Gasteiger partial charge is 0.341 e. The maximum absolute atomic E-state index is 12.3. The van der Waals surface area contributed by atoms with Crippen molar-refractivity contribution in [1.29, 1.82) is 0 Å². The van der Waals surface area contributed by atoms with E-state index >= 15 is 0 Å². The van der Waals surface area contributed by atoms with Gasteiger partial charge in [0.25, 0.3) is 0 Å². The van der Waals surface area contributed by atoms with Crippen molar-refractivity contribution in [2.24, 2.45) is 0 Å². The Morgan fingerprint density at radius 1 is 1.23 bits per heavy atom. The van der Waals surface area contributed by atoms with Gasteiger partial charge in [0.2, 0.25) is 5.91 Å². The van der Waals surface area contributed by atoms with Crippen molar-refractivity contribution >= 4 is 17.5 Å². The minimum absolute atomic E-state index is 0.152. The Hall–Kier alpha value is -1.85. The Balaban J connectivity index is 1.64. The lowest BCUT2D eigenvalue weighted by molar-refractivity contribution is -0.132. The van der Waals surface area contributed by atoms with Gasteiger partial charge in [0.05, 0.1) is 6.42 Å². The van der Waals surface area contributed by atoms with Crippen LogP contribution < -0.4 is 0 Å². The maximum Gasteiger partial charge on any atom is 0.228 e. The van der Waals surface area contributed by atoms with Crippen molar-refractivity contribution in [3.8, 4) is 11.4 Å². The molecule has 1 aliphatic heterocycles. The number of H-pyrrole nitrogens is 1. The van der Waals surface area contributed by atoms with E-state index in [4.69, 9.17) is 11.6 Å². The van der Waals surface area contributed by atoms with Crippen molar-refractivity contribution in [3.63, 3.8) is 0 Å². The number of aromatic amines is 1. The van der Waals surface area contributed by atoms with Crippen molar-refractivity contribution in [2.45, 2.75) is 6.42 Å². The lowest BCUT2D eigenvalue weighted by Gasteiger charge is -2.32. The molecule has 2 heterocycles. The quantitative estimate of drug-likeness (QED) is 0.942. The average Bonchev–Trinajstić information content (AvgIpc) is 2.97. The molecule has 0 atom stereocenters. The molecule has 1 aromatic heterocycles. The molecule has 116 valence electrons. The molecule has 1 aliphatic rings. The van der Waals surface area contributed by atoms with Crippen LogP contribution in [-0.2, 0) is 11.2 Å². The third kappa shape index (κ3) is 3.48. The first-order valence-electron chi connectivity index (χ1n) is 7.38. The molecule has 0 radical (unpaired) electrons. The number of hydrogen-bond acceptors (Lipinski definition) is 3. The zero-order valence-corrected chi connectivity index (χ0v) is 13.3. The van der Waals surface area contributed by atoms with E-state index < -0.39 is 0 Å². The van der Waals surface area contributed by atoms with E-state index in [1.54, 1.807) is 6.20 Å². The number of hydrogen-bond donors (Lipinski definition) is 1. The van der Waals surface area contributed by atoms with Crippen LogP contribution in [0.25, 0.3) is 11.4 Å². The van der Waals surface area contributed by atoms with E-state index in [1.807, 2.05) is 29.2 Å². The molecule has 5 nitrogen and oxygen atoms in total. The fourth-order valence-corrected chi connectivity index (χ4v) is 2.66. The number of halogens is 1. The number of piperazine rings is 1. The lowest BCUT2D eigenvalue weighted by Crippen LogP contribution is -2.47. The summed E-state index contributed by atoms with van der Waals surface area (Å²) in [5.41, 5.74) is 1.80. The highest BCUT2D eigenvalue weighted by Crippen LogP contribution is 2.19. The smallest absolute Gasteiger partial charge is 0.228 e. The highest BCUT2D eigenvalue weighted by Gasteiger charge is 2.19. The van der Waals surface area contributed by atoms with Crippen LogP contribution in [0.15, 0.2) is 30.5 Å². The molecule has 0 bridgehead atoms. The van der Waals surface area contributed by atoms with Crippen LogP contribution in [-0.4, -0.2) is 58.9 Å².